The van der Waals surface area contributed by atoms with E-state index < -0.39 is 0 Å². The van der Waals surface area contributed by atoms with E-state index in [-0.39, 0.29) is 5.91 Å². The maximum Gasteiger partial charge on any atom is 0.272 e. The van der Waals surface area contributed by atoms with Crippen molar-refractivity contribution in [2.45, 2.75) is 34.1 Å². The highest BCUT2D eigenvalue weighted by Crippen LogP contribution is 2.24. The van der Waals surface area contributed by atoms with E-state index in [0.717, 1.165) is 44.8 Å². The molecule has 3 rings (SSSR count). The summed E-state index contributed by atoms with van der Waals surface area (Å²) in [5.41, 5.74) is 5.40. The fourth-order valence-electron chi connectivity index (χ4n) is 3.52. The van der Waals surface area contributed by atoms with Crippen LogP contribution in [0.2, 0.25) is 0 Å². The Labute approximate surface area is 168 Å². The zero-order valence-corrected chi connectivity index (χ0v) is 17.5. The van der Waals surface area contributed by atoms with Gasteiger partial charge >= 0.3 is 0 Å². The predicted octanol–water partition coefficient (Wildman–Crippen LogP) is 4.12. The summed E-state index contributed by atoms with van der Waals surface area (Å²) in [6, 6.07) is 10.2. The molecular weight excluding hydrogens is 348 g/mol. The number of rotatable bonds is 6. The molecule has 2 heterocycles. The third-order valence-corrected chi connectivity index (χ3v) is 5.52. The molecule has 1 saturated heterocycles. The molecule has 150 valence electrons. The van der Waals surface area contributed by atoms with Crippen molar-refractivity contribution in [2.75, 3.05) is 42.9 Å². The lowest BCUT2D eigenvalue weighted by Crippen LogP contribution is -2.49. The van der Waals surface area contributed by atoms with E-state index in [2.05, 4.69) is 61.1 Å². The topological polar surface area (TPSA) is 48.5 Å². The molecule has 1 aromatic heterocycles. The van der Waals surface area contributed by atoms with E-state index in [0.29, 0.717) is 11.6 Å². The van der Waals surface area contributed by atoms with E-state index in [1.807, 2.05) is 17.0 Å². The Morgan fingerprint density at radius 1 is 1.11 bits per heavy atom. The number of benzene rings is 1. The molecule has 1 fully saturated rings. The van der Waals surface area contributed by atoms with E-state index in [4.69, 9.17) is 0 Å². The van der Waals surface area contributed by atoms with Crippen molar-refractivity contribution in [2.24, 2.45) is 5.92 Å². The molecule has 0 saturated carbocycles. The van der Waals surface area contributed by atoms with Crippen molar-refractivity contribution in [1.29, 1.82) is 0 Å². The van der Waals surface area contributed by atoms with Gasteiger partial charge in [-0.15, -0.1) is 0 Å². The summed E-state index contributed by atoms with van der Waals surface area (Å²) in [6.07, 6.45) is 2.88. The summed E-state index contributed by atoms with van der Waals surface area (Å²) in [4.78, 5) is 21.5. The molecule has 1 aromatic carbocycles. The number of carbonyl (C=O) groups is 1. The average Bonchev–Trinajstić information content (AvgIpc) is 2.70. The van der Waals surface area contributed by atoms with Crippen molar-refractivity contribution in [1.82, 2.24) is 9.88 Å². The molecule has 0 radical (unpaired) electrons. The van der Waals surface area contributed by atoms with Crippen LogP contribution < -0.4 is 10.2 Å². The van der Waals surface area contributed by atoms with Gasteiger partial charge in [-0.05, 0) is 55.5 Å². The Morgan fingerprint density at radius 3 is 2.50 bits per heavy atom. The van der Waals surface area contributed by atoms with Gasteiger partial charge in [-0.3, -0.25) is 4.79 Å². The molecule has 1 amide bonds. The molecule has 28 heavy (non-hydrogen) atoms. The van der Waals surface area contributed by atoms with Gasteiger partial charge in [0.05, 0.1) is 11.9 Å². The van der Waals surface area contributed by atoms with Gasteiger partial charge in [0, 0.05) is 38.4 Å². The number of nitrogens with one attached hydrogen (secondary N) is 1. The van der Waals surface area contributed by atoms with Gasteiger partial charge in [0.2, 0.25) is 0 Å². The van der Waals surface area contributed by atoms with Crippen molar-refractivity contribution < 1.29 is 4.79 Å². The minimum atomic E-state index is 0.0225. The van der Waals surface area contributed by atoms with Crippen LogP contribution in [0.1, 0.15) is 41.9 Å². The Balaban J connectivity index is 1.55. The molecular formula is C23H32N4O. The first-order valence-electron chi connectivity index (χ1n) is 10.3. The number of aromatic nitrogens is 1. The lowest BCUT2D eigenvalue weighted by atomic mass is 10.1. The molecule has 0 bridgehead atoms. The second-order valence-electron chi connectivity index (χ2n) is 8.04. The van der Waals surface area contributed by atoms with Crippen LogP contribution in [0.5, 0.6) is 0 Å². The highest BCUT2D eigenvalue weighted by atomic mass is 16.2. The number of amides is 1. The molecule has 5 heteroatoms. The predicted molar refractivity (Wildman–Crippen MR) is 116 cm³/mol. The summed E-state index contributed by atoms with van der Waals surface area (Å²) in [5.74, 6) is 0.693. The van der Waals surface area contributed by atoms with Crippen LogP contribution in [-0.2, 0) is 0 Å². The summed E-state index contributed by atoms with van der Waals surface area (Å²) in [6.45, 7) is 12.8. The molecule has 1 N–H and O–H groups in total. The lowest BCUT2D eigenvalue weighted by molar-refractivity contribution is 0.0741. The maximum absolute atomic E-state index is 12.8. The second-order valence-corrected chi connectivity index (χ2v) is 8.04. The molecule has 5 nitrogen and oxygen atoms in total. The Morgan fingerprint density at radius 2 is 1.86 bits per heavy atom. The highest BCUT2D eigenvalue weighted by Gasteiger charge is 2.23. The number of aryl methyl sites for hydroxylation is 1. The zero-order valence-electron chi connectivity index (χ0n) is 17.5. The van der Waals surface area contributed by atoms with Gasteiger partial charge in [-0.1, -0.05) is 26.0 Å². The van der Waals surface area contributed by atoms with Crippen molar-refractivity contribution >= 4 is 17.3 Å². The third-order valence-electron chi connectivity index (χ3n) is 5.52. The monoisotopic (exact) mass is 380 g/mol. The summed E-state index contributed by atoms with van der Waals surface area (Å²) < 4.78 is 0. The standard InChI is InChI=1S/C23H32N4O/c1-17(2)10-11-24-20-8-9-21(25-16-20)23(28)27-14-12-26(13-15-27)22-7-5-6-18(3)19(22)4/h5-9,16-17,24H,10-15H2,1-4H3. The Bertz CT molecular complexity index is 793. The van der Waals surface area contributed by atoms with E-state index in [1.54, 1.807) is 6.20 Å². The summed E-state index contributed by atoms with van der Waals surface area (Å²) in [5, 5.41) is 3.36. The van der Waals surface area contributed by atoms with Gasteiger partial charge in [0.15, 0.2) is 0 Å². The fourth-order valence-corrected chi connectivity index (χ4v) is 3.52. The number of hydrogen-bond acceptors (Lipinski definition) is 4. The molecule has 2 aromatic rings. The van der Waals surface area contributed by atoms with Crippen LogP contribution in [0.15, 0.2) is 36.5 Å². The fraction of sp³-hybridized carbons (Fsp3) is 0.478. The lowest BCUT2D eigenvalue weighted by Gasteiger charge is -2.37. The number of pyridine rings is 1. The zero-order chi connectivity index (χ0) is 20.1. The minimum Gasteiger partial charge on any atom is -0.384 e. The smallest absolute Gasteiger partial charge is 0.272 e. The Kier molecular flexibility index (Phi) is 6.55. The summed E-state index contributed by atoms with van der Waals surface area (Å²) >= 11 is 0. The van der Waals surface area contributed by atoms with Gasteiger partial charge in [-0.25, -0.2) is 4.98 Å². The van der Waals surface area contributed by atoms with Crippen molar-refractivity contribution in [3.05, 3.63) is 53.3 Å². The van der Waals surface area contributed by atoms with Crippen LogP contribution in [0.4, 0.5) is 11.4 Å². The largest absolute Gasteiger partial charge is 0.384 e. The van der Waals surface area contributed by atoms with Gasteiger partial charge < -0.3 is 15.1 Å². The number of anilines is 2. The third kappa shape index (κ3) is 4.83. The molecule has 0 spiro atoms. The van der Waals surface area contributed by atoms with E-state index in [1.165, 1.54) is 16.8 Å². The normalized spacial score (nSPS) is 14.5. The Hall–Kier alpha value is -2.56. The first-order valence-corrected chi connectivity index (χ1v) is 10.3. The average molecular weight is 381 g/mol. The molecule has 1 aliphatic rings. The van der Waals surface area contributed by atoms with Crippen molar-refractivity contribution in [3.63, 3.8) is 0 Å². The number of hydrogen-bond donors (Lipinski definition) is 1. The minimum absolute atomic E-state index is 0.0225. The summed E-state index contributed by atoms with van der Waals surface area (Å²) in [7, 11) is 0. The number of nitrogens with zero attached hydrogens (tertiary/aromatic N) is 3. The van der Waals surface area contributed by atoms with Crippen molar-refractivity contribution in [3.8, 4) is 0 Å². The van der Waals surface area contributed by atoms with Gasteiger partial charge in [0.25, 0.3) is 5.91 Å². The first kappa shape index (κ1) is 20.2. The van der Waals surface area contributed by atoms with Crippen LogP contribution >= 0.6 is 0 Å². The van der Waals surface area contributed by atoms with Crippen LogP contribution in [0.3, 0.4) is 0 Å². The molecule has 0 aliphatic carbocycles. The van der Waals surface area contributed by atoms with Gasteiger partial charge in [0.1, 0.15) is 5.69 Å². The number of piperazine rings is 1. The van der Waals surface area contributed by atoms with Crippen LogP contribution in [0.25, 0.3) is 0 Å². The van der Waals surface area contributed by atoms with Gasteiger partial charge in [-0.2, -0.15) is 0 Å². The van der Waals surface area contributed by atoms with Crippen LogP contribution in [0, 0.1) is 19.8 Å². The highest BCUT2D eigenvalue weighted by molar-refractivity contribution is 5.92. The second kappa shape index (κ2) is 9.09. The maximum atomic E-state index is 12.8. The molecule has 0 atom stereocenters. The molecule has 1 aliphatic heterocycles. The number of carbonyl (C=O) groups excluding carboxylic acids is 1. The SMILES string of the molecule is Cc1cccc(N2CCN(C(=O)c3ccc(NCCC(C)C)cn3)CC2)c1C. The molecule has 0 unspecified atom stereocenters. The van der Waals surface area contributed by atoms with E-state index >= 15 is 0 Å². The van der Waals surface area contributed by atoms with Crippen LogP contribution in [-0.4, -0.2) is 48.5 Å². The first-order chi connectivity index (χ1) is 13.5. The van der Waals surface area contributed by atoms with E-state index in [9.17, 15) is 4.79 Å². The quantitative estimate of drug-likeness (QED) is 0.819.